The molecular weight excluding hydrogens is 318 g/mol. The summed E-state index contributed by atoms with van der Waals surface area (Å²) >= 11 is 0. The van der Waals surface area contributed by atoms with Crippen molar-refractivity contribution in [2.45, 2.75) is 33.6 Å². The van der Waals surface area contributed by atoms with E-state index in [4.69, 9.17) is 0 Å². The van der Waals surface area contributed by atoms with Crippen LogP contribution < -0.4 is 4.90 Å². The lowest BCUT2D eigenvalue weighted by Crippen LogP contribution is -2.53. The fourth-order valence-corrected chi connectivity index (χ4v) is 3.71. The molecule has 3 rings (SSSR count). The lowest BCUT2D eigenvalue weighted by molar-refractivity contribution is -0.141. The SMILES string of the molecule is CC(=O)N1CCN(C(=O)[C@@H]2CCCN(c3nc(C)cc(C)n3)C2)CC1. The van der Waals surface area contributed by atoms with Crippen molar-refractivity contribution in [2.24, 2.45) is 5.92 Å². The fourth-order valence-electron chi connectivity index (χ4n) is 3.71. The van der Waals surface area contributed by atoms with Crippen LogP contribution in [0, 0.1) is 19.8 Å². The highest BCUT2D eigenvalue weighted by Crippen LogP contribution is 2.23. The summed E-state index contributed by atoms with van der Waals surface area (Å²) in [4.78, 5) is 39.3. The Morgan fingerprint density at radius 3 is 2.20 bits per heavy atom. The number of carbonyl (C=O) groups is 2. The standard InChI is InChI=1S/C18H27N5O2/c1-13-11-14(2)20-18(19-13)23-6-4-5-16(12-23)17(25)22-9-7-21(8-10-22)15(3)24/h11,16H,4-10,12H2,1-3H3/t16-/m1/s1. The number of hydrogen-bond acceptors (Lipinski definition) is 5. The van der Waals surface area contributed by atoms with Gasteiger partial charge in [-0.1, -0.05) is 0 Å². The molecule has 136 valence electrons. The van der Waals surface area contributed by atoms with Crippen LogP contribution in [0.3, 0.4) is 0 Å². The molecule has 2 saturated heterocycles. The van der Waals surface area contributed by atoms with Crippen LogP contribution in [-0.4, -0.2) is 70.9 Å². The second-order valence-electron chi connectivity index (χ2n) is 7.07. The lowest BCUT2D eigenvalue weighted by Gasteiger charge is -2.38. The van der Waals surface area contributed by atoms with E-state index in [0.717, 1.165) is 36.7 Å². The van der Waals surface area contributed by atoms with E-state index < -0.39 is 0 Å². The molecule has 0 spiro atoms. The number of piperazine rings is 1. The van der Waals surface area contributed by atoms with Gasteiger partial charge in [0, 0.05) is 57.6 Å². The predicted molar refractivity (Wildman–Crippen MR) is 95.3 cm³/mol. The monoisotopic (exact) mass is 345 g/mol. The highest BCUT2D eigenvalue weighted by atomic mass is 16.2. The molecule has 1 atom stereocenters. The first kappa shape index (κ1) is 17.6. The molecule has 0 unspecified atom stereocenters. The Hall–Kier alpha value is -2.18. The molecular formula is C18H27N5O2. The zero-order valence-corrected chi connectivity index (χ0v) is 15.4. The van der Waals surface area contributed by atoms with Gasteiger partial charge in [0.25, 0.3) is 0 Å². The minimum absolute atomic E-state index is 0.0120. The van der Waals surface area contributed by atoms with Crippen molar-refractivity contribution < 1.29 is 9.59 Å². The van der Waals surface area contributed by atoms with Crippen LogP contribution in [0.25, 0.3) is 0 Å². The third-order valence-corrected chi connectivity index (χ3v) is 5.06. The van der Waals surface area contributed by atoms with Crippen molar-refractivity contribution in [1.29, 1.82) is 0 Å². The molecule has 7 nitrogen and oxygen atoms in total. The van der Waals surface area contributed by atoms with Crippen molar-refractivity contribution >= 4 is 17.8 Å². The number of piperidine rings is 1. The molecule has 2 aliphatic heterocycles. The topological polar surface area (TPSA) is 69.6 Å². The molecule has 2 fully saturated rings. The minimum Gasteiger partial charge on any atom is -0.340 e. The van der Waals surface area contributed by atoms with Crippen molar-refractivity contribution in [3.8, 4) is 0 Å². The Kier molecular flexibility index (Phi) is 5.20. The van der Waals surface area contributed by atoms with Crippen molar-refractivity contribution in [1.82, 2.24) is 19.8 Å². The molecule has 2 amide bonds. The molecule has 0 N–H and O–H groups in total. The number of anilines is 1. The number of amides is 2. The van der Waals surface area contributed by atoms with E-state index in [-0.39, 0.29) is 17.7 Å². The van der Waals surface area contributed by atoms with Gasteiger partial charge in [-0.3, -0.25) is 9.59 Å². The molecule has 0 bridgehead atoms. The van der Waals surface area contributed by atoms with Gasteiger partial charge in [0.05, 0.1) is 5.92 Å². The van der Waals surface area contributed by atoms with E-state index in [2.05, 4.69) is 14.9 Å². The zero-order chi connectivity index (χ0) is 18.0. The second-order valence-corrected chi connectivity index (χ2v) is 7.07. The molecule has 1 aromatic rings. The third kappa shape index (κ3) is 4.08. The average molecular weight is 345 g/mol. The van der Waals surface area contributed by atoms with Crippen molar-refractivity contribution in [2.75, 3.05) is 44.2 Å². The highest BCUT2D eigenvalue weighted by Gasteiger charge is 2.32. The summed E-state index contributed by atoms with van der Waals surface area (Å²) in [6.45, 7) is 9.64. The number of nitrogens with zero attached hydrogens (tertiary/aromatic N) is 5. The summed E-state index contributed by atoms with van der Waals surface area (Å²) in [7, 11) is 0. The van der Waals surface area contributed by atoms with E-state index in [1.54, 1.807) is 11.8 Å². The molecule has 25 heavy (non-hydrogen) atoms. The Bertz CT molecular complexity index is 635. The van der Waals surface area contributed by atoms with Gasteiger partial charge in [-0.2, -0.15) is 0 Å². The molecule has 3 heterocycles. The molecule has 0 saturated carbocycles. The normalized spacial score (nSPS) is 21.4. The van der Waals surface area contributed by atoms with Gasteiger partial charge in [-0.25, -0.2) is 9.97 Å². The van der Waals surface area contributed by atoms with Gasteiger partial charge in [-0.05, 0) is 32.8 Å². The summed E-state index contributed by atoms with van der Waals surface area (Å²) in [6, 6.07) is 1.96. The first-order valence-electron chi connectivity index (χ1n) is 9.05. The van der Waals surface area contributed by atoms with E-state index in [1.165, 1.54) is 0 Å². The van der Waals surface area contributed by atoms with E-state index in [9.17, 15) is 9.59 Å². The molecule has 7 heteroatoms. The highest BCUT2D eigenvalue weighted by molar-refractivity contribution is 5.80. The molecule has 0 radical (unpaired) electrons. The van der Waals surface area contributed by atoms with Crippen LogP contribution in [0.2, 0.25) is 0 Å². The summed E-state index contributed by atoms with van der Waals surface area (Å²) in [5.41, 5.74) is 1.91. The van der Waals surface area contributed by atoms with Gasteiger partial charge < -0.3 is 14.7 Å². The molecule has 2 aliphatic rings. The Labute approximate surface area is 149 Å². The number of aromatic nitrogens is 2. The minimum atomic E-state index is -0.0120. The van der Waals surface area contributed by atoms with Crippen LogP contribution in [0.15, 0.2) is 6.07 Å². The Balaban J connectivity index is 1.63. The van der Waals surface area contributed by atoms with Gasteiger partial charge in [0.15, 0.2) is 0 Å². The number of carbonyl (C=O) groups excluding carboxylic acids is 2. The van der Waals surface area contributed by atoms with E-state index in [1.807, 2.05) is 24.8 Å². The first-order valence-corrected chi connectivity index (χ1v) is 9.05. The maximum atomic E-state index is 12.9. The maximum Gasteiger partial charge on any atom is 0.227 e. The predicted octanol–water partition coefficient (Wildman–Crippen LogP) is 1.00. The number of hydrogen-bond donors (Lipinski definition) is 0. The van der Waals surface area contributed by atoms with Crippen LogP contribution >= 0.6 is 0 Å². The number of rotatable bonds is 2. The van der Waals surface area contributed by atoms with Crippen LogP contribution in [0.5, 0.6) is 0 Å². The van der Waals surface area contributed by atoms with Crippen molar-refractivity contribution in [3.05, 3.63) is 17.5 Å². The largest absolute Gasteiger partial charge is 0.340 e. The van der Waals surface area contributed by atoms with Crippen molar-refractivity contribution in [3.63, 3.8) is 0 Å². The quantitative estimate of drug-likeness (QED) is 0.800. The third-order valence-electron chi connectivity index (χ3n) is 5.06. The average Bonchev–Trinajstić information content (AvgIpc) is 2.60. The van der Waals surface area contributed by atoms with Crippen LogP contribution in [0.1, 0.15) is 31.2 Å². The summed E-state index contributed by atoms with van der Waals surface area (Å²) in [5, 5.41) is 0. The zero-order valence-electron chi connectivity index (χ0n) is 15.4. The molecule has 1 aromatic heterocycles. The number of aryl methyl sites for hydroxylation is 2. The molecule has 0 aliphatic carbocycles. The van der Waals surface area contributed by atoms with E-state index in [0.29, 0.717) is 32.7 Å². The van der Waals surface area contributed by atoms with Crippen LogP contribution in [0.4, 0.5) is 5.95 Å². The maximum absolute atomic E-state index is 12.9. The van der Waals surface area contributed by atoms with Gasteiger partial charge >= 0.3 is 0 Å². The molecule has 0 aromatic carbocycles. The van der Waals surface area contributed by atoms with Crippen LogP contribution in [-0.2, 0) is 9.59 Å². The summed E-state index contributed by atoms with van der Waals surface area (Å²) < 4.78 is 0. The van der Waals surface area contributed by atoms with Gasteiger partial charge in [0.2, 0.25) is 17.8 Å². The smallest absolute Gasteiger partial charge is 0.227 e. The van der Waals surface area contributed by atoms with Gasteiger partial charge in [0.1, 0.15) is 0 Å². The first-order chi connectivity index (χ1) is 11.9. The summed E-state index contributed by atoms with van der Waals surface area (Å²) in [5.74, 6) is 1.01. The lowest BCUT2D eigenvalue weighted by atomic mass is 9.96. The van der Waals surface area contributed by atoms with Gasteiger partial charge in [-0.15, -0.1) is 0 Å². The Morgan fingerprint density at radius 2 is 1.60 bits per heavy atom. The summed E-state index contributed by atoms with van der Waals surface area (Å²) in [6.07, 6.45) is 1.88. The Morgan fingerprint density at radius 1 is 1.00 bits per heavy atom. The van der Waals surface area contributed by atoms with E-state index >= 15 is 0 Å². The fraction of sp³-hybridized carbons (Fsp3) is 0.667. The second kappa shape index (κ2) is 7.37.